The standard InChI is InChI=1S/C27H23F3N6O2S/c1-17-4-3-5-18(2)24(17)35-26-36(23(37)15-39-26)34-14-19-6-8-20(9-7-19)25(31)33-16-32-21-10-12-22(13-11-21)38-27(28,29)30/h3-14,16H,15H2,1-2H3,(H2,31,32,33)/b34-14+,35-26?. The smallest absolute Gasteiger partial charge is 0.406 e. The third kappa shape index (κ3) is 7.54. The number of thioether (sulfide) groups is 1. The molecule has 0 aromatic heterocycles. The fourth-order valence-corrected chi connectivity index (χ4v) is 4.26. The van der Waals surface area contributed by atoms with Gasteiger partial charge in [0.05, 0.1) is 23.3 Å². The van der Waals surface area contributed by atoms with Crippen LogP contribution in [0.5, 0.6) is 5.75 Å². The molecule has 0 unspecified atom stereocenters. The Bertz CT molecular complexity index is 1450. The van der Waals surface area contributed by atoms with Crippen LogP contribution in [0.2, 0.25) is 0 Å². The maximum atomic E-state index is 12.4. The lowest BCUT2D eigenvalue weighted by Crippen LogP contribution is -2.23. The lowest BCUT2D eigenvalue weighted by Gasteiger charge is -2.11. The van der Waals surface area contributed by atoms with Gasteiger partial charge < -0.3 is 10.5 Å². The molecule has 0 bridgehead atoms. The Morgan fingerprint density at radius 1 is 1.03 bits per heavy atom. The molecule has 2 N–H and O–H groups in total. The lowest BCUT2D eigenvalue weighted by atomic mass is 10.1. The first-order valence-corrected chi connectivity index (χ1v) is 12.5. The number of hydrazone groups is 1. The number of carbonyl (C=O) groups is 1. The summed E-state index contributed by atoms with van der Waals surface area (Å²) < 4.78 is 40.6. The van der Waals surface area contributed by atoms with Crippen LogP contribution in [-0.2, 0) is 4.79 Å². The number of benzene rings is 3. The zero-order valence-electron chi connectivity index (χ0n) is 20.9. The Morgan fingerprint density at radius 3 is 2.33 bits per heavy atom. The quantitative estimate of drug-likeness (QED) is 0.293. The molecule has 1 fully saturated rings. The Hall–Kier alpha value is -4.45. The molecule has 200 valence electrons. The van der Waals surface area contributed by atoms with E-state index in [0.717, 1.165) is 34.5 Å². The molecule has 0 atom stereocenters. The van der Waals surface area contributed by atoms with Crippen molar-refractivity contribution in [2.75, 3.05) is 5.75 Å². The summed E-state index contributed by atoms with van der Waals surface area (Å²) in [5.74, 6) is -0.0460. The first kappa shape index (κ1) is 27.6. The highest BCUT2D eigenvalue weighted by Crippen LogP contribution is 2.29. The first-order valence-electron chi connectivity index (χ1n) is 11.6. The average molecular weight is 553 g/mol. The SMILES string of the molecule is Cc1cccc(C)c1N=C1SCC(=O)N1/N=C/c1ccc(C(N)=NC=Nc2ccc(OC(F)(F)F)cc2)cc1. The maximum Gasteiger partial charge on any atom is 0.573 e. The van der Waals surface area contributed by atoms with Crippen LogP contribution >= 0.6 is 11.8 Å². The number of rotatable bonds is 7. The van der Waals surface area contributed by atoms with Gasteiger partial charge in [-0.1, -0.05) is 54.2 Å². The van der Waals surface area contributed by atoms with Crippen LogP contribution in [0.15, 0.2) is 86.8 Å². The summed E-state index contributed by atoms with van der Waals surface area (Å²) in [5.41, 5.74) is 10.6. The normalized spacial score (nSPS) is 15.7. The molecule has 0 radical (unpaired) electrons. The van der Waals surface area contributed by atoms with E-state index in [0.29, 0.717) is 16.4 Å². The van der Waals surface area contributed by atoms with Crippen LogP contribution in [0.4, 0.5) is 24.5 Å². The number of ether oxygens (including phenoxy) is 1. The Morgan fingerprint density at radius 2 is 1.69 bits per heavy atom. The zero-order chi connectivity index (χ0) is 28.0. The molecule has 4 rings (SSSR count). The van der Waals surface area contributed by atoms with Gasteiger partial charge >= 0.3 is 6.36 Å². The molecule has 3 aromatic carbocycles. The van der Waals surface area contributed by atoms with Crippen molar-refractivity contribution in [1.82, 2.24) is 5.01 Å². The Balaban J connectivity index is 1.41. The van der Waals surface area contributed by atoms with Crippen molar-refractivity contribution in [2.45, 2.75) is 20.2 Å². The summed E-state index contributed by atoms with van der Waals surface area (Å²) in [6.45, 7) is 3.94. The van der Waals surface area contributed by atoms with Crippen LogP contribution < -0.4 is 10.5 Å². The summed E-state index contributed by atoms with van der Waals surface area (Å²) in [7, 11) is 0. The van der Waals surface area contributed by atoms with E-state index in [2.05, 4.69) is 24.8 Å². The van der Waals surface area contributed by atoms with Gasteiger partial charge in [0.2, 0.25) is 0 Å². The summed E-state index contributed by atoms with van der Waals surface area (Å²) in [6.07, 6.45) is -1.99. The average Bonchev–Trinajstić information content (AvgIpc) is 3.24. The number of nitrogens with two attached hydrogens (primary N) is 1. The monoisotopic (exact) mass is 552 g/mol. The molecule has 1 amide bonds. The van der Waals surface area contributed by atoms with Crippen molar-refractivity contribution >= 4 is 52.6 Å². The first-order chi connectivity index (χ1) is 18.6. The highest BCUT2D eigenvalue weighted by molar-refractivity contribution is 8.15. The van der Waals surface area contributed by atoms with E-state index in [-0.39, 0.29) is 23.2 Å². The minimum Gasteiger partial charge on any atom is -0.406 e. The van der Waals surface area contributed by atoms with Crippen molar-refractivity contribution < 1.29 is 22.7 Å². The Labute approximate surface area is 226 Å². The number of aliphatic imine (C=N–C) groups is 3. The number of amides is 1. The highest BCUT2D eigenvalue weighted by atomic mass is 32.2. The number of hydrogen-bond donors (Lipinski definition) is 1. The van der Waals surface area contributed by atoms with Gasteiger partial charge in [0.15, 0.2) is 5.17 Å². The van der Waals surface area contributed by atoms with Gasteiger partial charge in [0.25, 0.3) is 5.91 Å². The number of hydrogen-bond acceptors (Lipinski definition) is 6. The van der Waals surface area contributed by atoms with E-state index in [1.165, 1.54) is 35.2 Å². The number of carbonyl (C=O) groups excluding carboxylic acids is 1. The lowest BCUT2D eigenvalue weighted by molar-refractivity contribution is -0.274. The van der Waals surface area contributed by atoms with E-state index >= 15 is 0 Å². The van der Waals surface area contributed by atoms with Gasteiger partial charge in [0.1, 0.15) is 17.9 Å². The number of para-hydroxylation sites is 1. The third-order valence-electron chi connectivity index (χ3n) is 5.39. The molecule has 39 heavy (non-hydrogen) atoms. The third-order valence-corrected chi connectivity index (χ3v) is 6.31. The van der Waals surface area contributed by atoms with E-state index in [1.807, 2.05) is 32.0 Å². The van der Waals surface area contributed by atoms with Crippen molar-refractivity contribution in [3.05, 3.63) is 89.0 Å². The number of aryl methyl sites for hydroxylation is 2. The van der Waals surface area contributed by atoms with E-state index in [9.17, 15) is 18.0 Å². The highest BCUT2D eigenvalue weighted by Gasteiger charge is 2.31. The maximum absolute atomic E-state index is 12.4. The second-order valence-electron chi connectivity index (χ2n) is 8.30. The summed E-state index contributed by atoms with van der Waals surface area (Å²) in [5, 5.41) is 6.17. The summed E-state index contributed by atoms with van der Waals surface area (Å²) >= 11 is 1.34. The molecule has 1 heterocycles. The molecule has 1 aliphatic heterocycles. The van der Waals surface area contributed by atoms with Crippen molar-refractivity contribution in [1.29, 1.82) is 0 Å². The minimum absolute atomic E-state index is 0.156. The van der Waals surface area contributed by atoms with Gasteiger partial charge in [0, 0.05) is 5.56 Å². The van der Waals surface area contributed by atoms with Crippen LogP contribution in [-0.4, -0.2) is 46.6 Å². The molecule has 8 nitrogen and oxygen atoms in total. The van der Waals surface area contributed by atoms with Gasteiger partial charge in [-0.3, -0.25) is 4.79 Å². The van der Waals surface area contributed by atoms with Crippen LogP contribution in [0, 0.1) is 13.8 Å². The summed E-state index contributed by atoms with van der Waals surface area (Å²) in [6, 6.07) is 18.0. The number of nitrogens with zero attached hydrogens (tertiary/aromatic N) is 5. The predicted octanol–water partition coefficient (Wildman–Crippen LogP) is 5.86. The van der Waals surface area contributed by atoms with Gasteiger partial charge in [-0.15, -0.1) is 13.2 Å². The fourth-order valence-electron chi connectivity index (χ4n) is 3.46. The van der Waals surface area contributed by atoms with E-state index < -0.39 is 6.36 Å². The number of amidine groups is 2. The van der Waals surface area contributed by atoms with E-state index in [1.54, 1.807) is 30.5 Å². The molecular formula is C27H23F3N6O2S. The summed E-state index contributed by atoms with van der Waals surface area (Å²) in [4.78, 5) is 25.2. The molecule has 3 aromatic rings. The molecule has 0 aliphatic carbocycles. The van der Waals surface area contributed by atoms with Gasteiger partial charge in [-0.25, -0.2) is 15.0 Å². The predicted molar refractivity (Wildman–Crippen MR) is 148 cm³/mol. The van der Waals surface area contributed by atoms with Crippen LogP contribution in [0.25, 0.3) is 0 Å². The largest absolute Gasteiger partial charge is 0.573 e. The van der Waals surface area contributed by atoms with Crippen molar-refractivity contribution in [3.8, 4) is 5.75 Å². The van der Waals surface area contributed by atoms with Gasteiger partial charge in [-0.05, 0) is 54.8 Å². The van der Waals surface area contributed by atoms with Gasteiger partial charge in [-0.2, -0.15) is 10.1 Å². The second kappa shape index (κ2) is 11.9. The molecule has 0 spiro atoms. The zero-order valence-corrected chi connectivity index (χ0v) is 21.7. The molecule has 1 aliphatic rings. The van der Waals surface area contributed by atoms with E-state index in [4.69, 9.17) is 5.73 Å². The number of alkyl halides is 3. The topological polar surface area (TPSA) is 105 Å². The molecule has 1 saturated heterocycles. The second-order valence-corrected chi connectivity index (χ2v) is 9.24. The molecule has 12 heteroatoms. The van der Waals surface area contributed by atoms with Crippen molar-refractivity contribution in [3.63, 3.8) is 0 Å². The van der Waals surface area contributed by atoms with Crippen LogP contribution in [0.3, 0.4) is 0 Å². The number of halogens is 3. The molecule has 0 saturated carbocycles. The van der Waals surface area contributed by atoms with Crippen molar-refractivity contribution in [2.24, 2.45) is 25.8 Å². The minimum atomic E-state index is -4.76. The molecular weight excluding hydrogens is 529 g/mol. The van der Waals surface area contributed by atoms with Crippen LogP contribution in [0.1, 0.15) is 22.3 Å². The Kier molecular flexibility index (Phi) is 8.45. The fraction of sp³-hybridized carbons (Fsp3) is 0.148.